The molecule has 1 heterocycles. The van der Waals surface area contributed by atoms with Gasteiger partial charge in [0.05, 0.1) is 17.1 Å². The monoisotopic (exact) mass is 262 g/mol. The van der Waals surface area contributed by atoms with Gasteiger partial charge in [-0.2, -0.15) is 0 Å². The van der Waals surface area contributed by atoms with E-state index < -0.39 is 39.8 Å². The maximum absolute atomic E-state index is 12.7. The van der Waals surface area contributed by atoms with Crippen molar-refractivity contribution in [3.63, 3.8) is 0 Å². The highest BCUT2D eigenvalue weighted by Crippen LogP contribution is 2.24. The van der Waals surface area contributed by atoms with Crippen LogP contribution in [-0.4, -0.2) is 22.5 Å². The Morgan fingerprint density at radius 2 is 2.22 bits per heavy atom. The van der Waals surface area contributed by atoms with Crippen LogP contribution in [0.25, 0.3) is 0 Å². The fourth-order valence-corrected chi connectivity index (χ4v) is 1.21. The molecule has 0 bridgehead atoms. The van der Waals surface area contributed by atoms with Crippen molar-refractivity contribution >= 4 is 11.7 Å². The smallest absolute Gasteiger partial charge is 0.355 e. The van der Waals surface area contributed by atoms with Gasteiger partial charge in [0.2, 0.25) is 0 Å². The second-order valence-electron chi connectivity index (χ2n) is 3.09. The summed E-state index contributed by atoms with van der Waals surface area (Å²) in [6.45, 7) is 1.37. The van der Waals surface area contributed by atoms with Crippen LogP contribution >= 0.6 is 0 Å². The summed E-state index contributed by atoms with van der Waals surface area (Å²) >= 11 is 0. The number of carbonyl (C=O) groups is 1. The minimum Gasteiger partial charge on any atom is -0.461 e. The van der Waals surface area contributed by atoms with Crippen molar-refractivity contribution in [2.75, 3.05) is 6.61 Å². The van der Waals surface area contributed by atoms with Crippen molar-refractivity contribution < 1.29 is 23.2 Å². The van der Waals surface area contributed by atoms with Crippen LogP contribution in [0, 0.1) is 10.1 Å². The lowest BCUT2D eigenvalue weighted by Crippen LogP contribution is -2.20. The Bertz CT molecular complexity index is 540. The fraction of sp³-hybridized carbons (Fsp3) is 0.333. The number of pyridine rings is 1. The molecule has 0 spiro atoms. The number of alkyl halides is 2. The van der Waals surface area contributed by atoms with Crippen LogP contribution in [0.1, 0.15) is 29.4 Å². The molecule has 1 aromatic rings. The molecule has 0 amide bonds. The Balaban J connectivity index is 3.43. The Hall–Kier alpha value is -2.32. The zero-order chi connectivity index (χ0) is 13.9. The van der Waals surface area contributed by atoms with Gasteiger partial charge in [-0.05, 0) is 6.92 Å². The van der Waals surface area contributed by atoms with E-state index in [9.17, 15) is 28.5 Å². The maximum atomic E-state index is 12.7. The quantitative estimate of drug-likeness (QED) is 0.502. The molecule has 0 aromatic carbocycles. The number of hydrogen-bond acceptors (Lipinski definition) is 5. The number of aromatic amines is 1. The number of carbonyl (C=O) groups excluding carboxylic acids is 1. The van der Waals surface area contributed by atoms with Gasteiger partial charge in [-0.1, -0.05) is 0 Å². The van der Waals surface area contributed by atoms with Gasteiger partial charge in [0.25, 0.3) is 6.43 Å². The Morgan fingerprint density at radius 3 is 2.67 bits per heavy atom. The molecular formula is C9H8F2N2O5. The van der Waals surface area contributed by atoms with E-state index in [0.29, 0.717) is 6.07 Å². The first-order chi connectivity index (χ1) is 8.38. The summed E-state index contributed by atoms with van der Waals surface area (Å²) in [5.41, 5.74) is -4.02. The van der Waals surface area contributed by atoms with Crippen LogP contribution in [0.2, 0.25) is 0 Å². The number of hydrogen-bond donors (Lipinski definition) is 1. The van der Waals surface area contributed by atoms with E-state index in [-0.39, 0.29) is 6.61 Å². The number of H-pyrrole nitrogens is 1. The summed E-state index contributed by atoms with van der Waals surface area (Å²) in [6.07, 6.45) is -3.15. The van der Waals surface area contributed by atoms with Crippen LogP contribution < -0.4 is 5.56 Å². The van der Waals surface area contributed by atoms with E-state index in [2.05, 4.69) is 4.74 Å². The van der Waals surface area contributed by atoms with Crippen molar-refractivity contribution in [3.05, 3.63) is 37.8 Å². The molecule has 1 rings (SSSR count). The summed E-state index contributed by atoms with van der Waals surface area (Å²) in [4.78, 5) is 33.6. The highest BCUT2D eigenvalue weighted by molar-refractivity contribution is 5.89. The normalized spacial score (nSPS) is 10.4. The molecule has 7 nitrogen and oxygen atoms in total. The molecule has 0 saturated heterocycles. The van der Waals surface area contributed by atoms with Crippen molar-refractivity contribution in [1.29, 1.82) is 0 Å². The summed E-state index contributed by atoms with van der Waals surface area (Å²) in [5.74, 6) is -1.17. The summed E-state index contributed by atoms with van der Waals surface area (Å²) < 4.78 is 29.8. The second kappa shape index (κ2) is 5.34. The number of nitrogens with one attached hydrogen (secondary N) is 1. The predicted octanol–water partition coefficient (Wildman–Crippen LogP) is 1.40. The maximum Gasteiger partial charge on any atom is 0.355 e. The Labute approximate surface area is 98.5 Å². The number of halogens is 2. The van der Waals surface area contributed by atoms with Crippen LogP contribution in [-0.2, 0) is 4.74 Å². The first-order valence-electron chi connectivity index (χ1n) is 4.75. The largest absolute Gasteiger partial charge is 0.461 e. The second-order valence-corrected chi connectivity index (χ2v) is 3.09. The first kappa shape index (κ1) is 13.7. The van der Waals surface area contributed by atoms with E-state index in [4.69, 9.17) is 0 Å². The van der Waals surface area contributed by atoms with Gasteiger partial charge in [0.1, 0.15) is 5.69 Å². The highest BCUT2D eigenvalue weighted by atomic mass is 19.3. The molecule has 0 fully saturated rings. The average Bonchev–Trinajstić information content (AvgIpc) is 2.27. The van der Waals surface area contributed by atoms with Gasteiger partial charge in [-0.3, -0.25) is 14.9 Å². The van der Waals surface area contributed by atoms with Crippen LogP contribution in [0.3, 0.4) is 0 Å². The van der Waals surface area contributed by atoms with Crippen molar-refractivity contribution in [2.24, 2.45) is 0 Å². The highest BCUT2D eigenvalue weighted by Gasteiger charge is 2.26. The fourth-order valence-electron chi connectivity index (χ4n) is 1.21. The Kier molecular flexibility index (Phi) is 4.08. The average molecular weight is 262 g/mol. The van der Waals surface area contributed by atoms with Gasteiger partial charge in [-0.15, -0.1) is 0 Å². The van der Waals surface area contributed by atoms with Crippen molar-refractivity contribution in [3.8, 4) is 0 Å². The number of ether oxygens (including phenoxy) is 1. The van der Waals surface area contributed by atoms with Crippen LogP contribution in [0.4, 0.5) is 14.5 Å². The minimum absolute atomic E-state index is 0.0828. The molecule has 9 heteroatoms. The molecule has 0 saturated carbocycles. The van der Waals surface area contributed by atoms with Gasteiger partial charge in [-0.25, -0.2) is 13.6 Å². The molecule has 0 atom stereocenters. The van der Waals surface area contributed by atoms with Crippen molar-refractivity contribution in [2.45, 2.75) is 13.3 Å². The SMILES string of the molecule is CCOC(=O)c1[nH]c(=O)c([N+](=O)[O-])cc1C(F)F. The number of nitrogens with zero attached hydrogens (tertiary/aromatic N) is 1. The molecule has 1 aromatic heterocycles. The van der Waals surface area contributed by atoms with Crippen molar-refractivity contribution in [1.82, 2.24) is 4.98 Å². The first-order valence-corrected chi connectivity index (χ1v) is 4.75. The molecular weight excluding hydrogens is 254 g/mol. The summed E-state index contributed by atoms with van der Waals surface area (Å²) in [6, 6.07) is 0.371. The number of esters is 1. The van der Waals surface area contributed by atoms with E-state index in [1.54, 1.807) is 4.98 Å². The number of nitro groups is 1. The summed E-state index contributed by atoms with van der Waals surface area (Å²) in [5, 5.41) is 10.4. The number of rotatable bonds is 4. The lowest BCUT2D eigenvalue weighted by atomic mass is 10.2. The number of aromatic nitrogens is 1. The standard InChI is InChI=1S/C9H8F2N2O5/c1-2-18-9(15)6-4(7(10)11)3-5(13(16)17)8(14)12-6/h3,7H,2H2,1H3,(H,12,14). The van der Waals surface area contributed by atoms with Crippen LogP contribution in [0.5, 0.6) is 0 Å². The van der Waals surface area contributed by atoms with Gasteiger partial charge in [0.15, 0.2) is 0 Å². The molecule has 0 radical (unpaired) electrons. The van der Waals surface area contributed by atoms with Crippen LogP contribution in [0.15, 0.2) is 10.9 Å². The molecule has 0 aliphatic carbocycles. The predicted molar refractivity (Wildman–Crippen MR) is 54.6 cm³/mol. The molecule has 0 aliphatic heterocycles. The third-order valence-electron chi connectivity index (χ3n) is 1.96. The van der Waals surface area contributed by atoms with Gasteiger partial charge in [0, 0.05) is 6.07 Å². The lowest BCUT2D eigenvalue weighted by Gasteiger charge is -2.07. The molecule has 98 valence electrons. The van der Waals surface area contributed by atoms with Gasteiger partial charge >= 0.3 is 17.2 Å². The van der Waals surface area contributed by atoms with E-state index >= 15 is 0 Å². The molecule has 1 N–H and O–H groups in total. The van der Waals surface area contributed by atoms with E-state index in [0.717, 1.165) is 0 Å². The third kappa shape index (κ3) is 2.67. The third-order valence-corrected chi connectivity index (χ3v) is 1.96. The Morgan fingerprint density at radius 1 is 1.61 bits per heavy atom. The minimum atomic E-state index is -3.15. The van der Waals surface area contributed by atoms with Gasteiger partial charge < -0.3 is 9.72 Å². The van der Waals surface area contributed by atoms with E-state index in [1.807, 2.05) is 0 Å². The van der Waals surface area contributed by atoms with E-state index in [1.165, 1.54) is 6.92 Å². The zero-order valence-corrected chi connectivity index (χ0v) is 9.11. The molecule has 0 aliphatic rings. The molecule has 18 heavy (non-hydrogen) atoms. The topological polar surface area (TPSA) is 102 Å². The zero-order valence-electron chi connectivity index (χ0n) is 9.11. The summed E-state index contributed by atoms with van der Waals surface area (Å²) in [7, 11) is 0. The lowest BCUT2D eigenvalue weighted by molar-refractivity contribution is -0.386. The molecule has 0 unspecified atom stereocenters.